The normalized spacial score (nSPS) is 25.4. The lowest BCUT2D eigenvalue weighted by atomic mass is 9.89. The van der Waals surface area contributed by atoms with E-state index in [2.05, 4.69) is 5.32 Å². The molecule has 1 fully saturated rings. The molecule has 1 aliphatic rings. The van der Waals surface area contributed by atoms with Crippen LogP contribution < -0.4 is 5.32 Å². The molecule has 0 spiro atoms. The van der Waals surface area contributed by atoms with Crippen molar-refractivity contribution in [1.29, 1.82) is 0 Å². The maximum Gasteiger partial charge on any atom is 0.308 e. The fourth-order valence-corrected chi connectivity index (χ4v) is 2.22. The largest absolute Gasteiger partial charge is 0.481 e. The van der Waals surface area contributed by atoms with Crippen LogP contribution in [0.15, 0.2) is 24.3 Å². The number of rotatable bonds is 2. The predicted octanol–water partition coefficient (Wildman–Crippen LogP) is 1.73. The fourth-order valence-electron chi connectivity index (χ4n) is 2.03. The molecule has 4 heteroatoms. The molecule has 1 aromatic carbocycles. The third-order valence-corrected chi connectivity index (χ3v) is 3.04. The molecular weight excluding hydrogens is 214 g/mol. The summed E-state index contributed by atoms with van der Waals surface area (Å²) in [5, 5.41) is 12.8. The Bertz CT molecular complexity index is 381. The third-order valence-electron chi connectivity index (χ3n) is 2.81. The molecule has 1 aromatic rings. The minimum atomic E-state index is -0.745. The summed E-state index contributed by atoms with van der Waals surface area (Å²) in [7, 11) is 0. The number of hydrogen-bond donors (Lipinski definition) is 2. The Labute approximate surface area is 93.1 Å². The van der Waals surface area contributed by atoms with Crippen LogP contribution in [0.1, 0.15) is 11.5 Å². The van der Waals surface area contributed by atoms with Crippen molar-refractivity contribution in [3.63, 3.8) is 0 Å². The van der Waals surface area contributed by atoms with E-state index in [9.17, 15) is 4.79 Å². The quantitative estimate of drug-likeness (QED) is 0.806. The van der Waals surface area contributed by atoms with E-state index in [1.165, 1.54) is 0 Å². The van der Waals surface area contributed by atoms with Crippen molar-refractivity contribution >= 4 is 17.6 Å². The minimum absolute atomic E-state index is 0.0289. The number of carbonyl (C=O) groups is 1. The van der Waals surface area contributed by atoms with Gasteiger partial charge in [-0.05, 0) is 17.7 Å². The summed E-state index contributed by atoms with van der Waals surface area (Å²) in [6.07, 6.45) is 0. The molecule has 15 heavy (non-hydrogen) atoms. The molecule has 2 N–H and O–H groups in total. The van der Waals surface area contributed by atoms with E-state index >= 15 is 0 Å². The zero-order valence-corrected chi connectivity index (χ0v) is 8.87. The molecule has 2 atom stereocenters. The van der Waals surface area contributed by atoms with Gasteiger partial charge >= 0.3 is 5.97 Å². The highest BCUT2D eigenvalue weighted by molar-refractivity contribution is 6.30. The Hall–Kier alpha value is -1.06. The van der Waals surface area contributed by atoms with Gasteiger partial charge in [0.15, 0.2) is 0 Å². The van der Waals surface area contributed by atoms with E-state index < -0.39 is 5.97 Å². The minimum Gasteiger partial charge on any atom is -0.481 e. The van der Waals surface area contributed by atoms with Crippen LogP contribution in [0.2, 0.25) is 5.02 Å². The highest BCUT2D eigenvalue weighted by Crippen LogP contribution is 2.29. The predicted molar refractivity (Wildman–Crippen MR) is 58.2 cm³/mol. The lowest BCUT2D eigenvalue weighted by molar-refractivity contribution is -0.141. The standard InChI is InChI=1S/C11H12ClNO2/c12-8-3-1-2-7(4-8)9-5-13-6-10(9)11(14)15/h1-4,9-10,13H,5-6H2,(H,14,15)/t9-,10-/m0/s1. The molecule has 80 valence electrons. The zero-order valence-electron chi connectivity index (χ0n) is 8.11. The van der Waals surface area contributed by atoms with Crippen LogP contribution in [0.5, 0.6) is 0 Å². The topological polar surface area (TPSA) is 49.3 Å². The lowest BCUT2D eigenvalue weighted by Gasteiger charge is -2.14. The second kappa shape index (κ2) is 4.21. The molecule has 0 amide bonds. The van der Waals surface area contributed by atoms with Crippen molar-refractivity contribution in [2.45, 2.75) is 5.92 Å². The van der Waals surface area contributed by atoms with Gasteiger partial charge in [-0.25, -0.2) is 0 Å². The van der Waals surface area contributed by atoms with Crippen molar-refractivity contribution < 1.29 is 9.90 Å². The van der Waals surface area contributed by atoms with Gasteiger partial charge in [-0.15, -0.1) is 0 Å². The highest BCUT2D eigenvalue weighted by atomic mass is 35.5. The molecule has 1 aliphatic heterocycles. The third kappa shape index (κ3) is 2.13. The van der Waals surface area contributed by atoms with Crippen molar-refractivity contribution in [3.05, 3.63) is 34.9 Å². The monoisotopic (exact) mass is 225 g/mol. The van der Waals surface area contributed by atoms with Crippen LogP contribution in [0.3, 0.4) is 0 Å². The molecular formula is C11H12ClNO2. The summed E-state index contributed by atoms with van der Waals surface area (Å²) in [6, 6.07) is 7.42. The molecule has 0 bridgehead atoms. The van der Waals surface area contributed by atoms with E-state index in [4.69, 9.17) is 16.7 Å². The second-order valence-corrected chi connectivity index (χ2v) is 4.20. The molecule has 2 rings (SSSR count). The first-order valence-corrected chi connectivity index (χ1v) is 5.25. The Balaban J connectivity index is 2.26. The van der Waals surface area contributed by atoms with Gasteiger partial charge in [-0.2, -0.15) is 0 Å². The van der Waals surface area contributed by atoms with Crippen LogP contribution in [0.4, 0.5) is 0 Å². The molecule has 0 unspecified atom stereocenters. The van der Waals surface area contributed by atoms with Crippen LogP contribution in [-0.2, 0) is 4.79 Å². The molecule has 1 saturated heterocycles. The first-order valence-electron chi connectivity index (χ1n) is 4.87. The van der Waals surface area contributed by atoms with E-state index in [-0.39, 0.29) is 11.8 Å². The number of carboxylic acids is 1. The Morgan fingerprint density at radius 3 is 2.93 bits per heavy atom. The van der Waals surface area contributed by atoms with E-state index in [0.29, 0.717) is 18.1 Å². The van der Waals surface area contributed by atoms with Crippen molar-refractivity contribution in [1.82, 2.24) is 5.32 Å². The average molecular weight is 226 g/mol. The Morgan fingerprint density at radius 2 is 2.27 bits per heavy atom. The lowest BCUT2D eigenvalue weighted by Crippen LogP contribution is -2.20. The van der Waals surface area contributed by atoms with Crippen molar-refractivity contribution in [2.24, 2.45) is 5.92 Å². The summed E-state index contributed by atoms with van der Waals surface area (Å²) in [4.78, 5) is 11.0. The summed E-state index contributed by atoms with van der Waals surface area (Å²) in [5.41, 5.74) is 1.000. The Kier molecular flexibility index (Phi) is 2.93. The summed E-state index contributed by atoms with van der Waals surface area (Å²) in [6.45, 7) is 1.24. The van der Waals surface area contributed by atoms with Gasteiger partial charge in [0.1, 0.15) is 0 Å². The number of halogens is 1. The number of hydrogen-bond acceptors (Lipinski definition) is 2. The van der Waals surface area contributed by atoms with Gasteiger partial charge < -0.3 is 10.4 Å². The number of aliphatic carboxylic acids is 1. The second-order valence-electron chi connectivity index (χ2n) is 3.76. The van der Waals surface area contributed by atoms with Gasteiger partial charge in [-0.3, -0.25) is 4.79 Å². The van der Waals surface area contributed by atoms with Gasteiger partial charge in [-0.1, -0.05) is 23.7 Å². The van der Waals surface area contributed by atoms with Crippen LogP contribution in [-0.4, -0.2) is 24.2 Å². The van der Waals surface area contributed by atoms with Crippen LogP contribution in [0.25, 0.3) is 0 Å². The van der Waals surface area contributed by atoms with E-state index in [0.717, 1.165) is 5.56 Å². The fraction of sp³-hybridized carbons (Fsp3) is 0.364. The highest BCUT2D eigenvalue weighted by Gasteiger charge is 2.33. The average Bonchev–Trinajstić information content (AvgIpc) is 2.65. The van der Waals surface area contributed by atoms with Crippen LogP contribution >= 0.6 is 11.6 Å². The van der Waals surface area contributed by atoms with Gasteiger partial charge in [0.05, 0.1) is 5.92 Å². The van der Waals surface area contributed by atoms with E-state index in [1.807, 2.05) is 18.2 Å². The number of nitrogens with one attached hydrogen (secondary N) is 1. The number of carboxylic acid groups (broad SMARTS) is 1. The summed E-state index contributed by atoms with van der Waals surface area (Å²) < 4.78 is 0. The Morgan fingerprint density at radius 1 is 1.47 bits per heavy atom. The maximum atomic E-state index is 11.0. The molecule has 0 aromatic heterocycles. The van der Waals surface area contributed by atoms with Gasteiger partial charge in [0, 0.05) is 24.0 Å². The van der Waals surface area contributed by atoms with E-state index in [1.54, 1.807) is 6.07 Å². The molecule has 3 nitrogen and oxygen atoms in total. The van der Waals surface area contributed by atoms with Crippen molar-refractivity contribution in [2.75, 3.05) is 13.1 Å². The van der Waals surface area contributed by atoms with Crippen LogP contribution in [0, 0.1) is 5.92 Å². The maximum absolute atomic E-state index is 11.0. The first kappa shape index (κ1) is 10.5. The SMILES string of the molecule is O=C(O)[C@H]1CNC[C@H]1c1cccc(Cl)c1. The summed E-state index contributed by atoms with van der Waals surface area (Å²) >= 11 is 5.88. The first-order chi connectivity index (χ1) is 7.18. The zero-order chi connectivity index (χ0) is 10.8. The number of benzene rings is 1. The molecule has 1 heterocycles. The molecule has 0 radical (unpaired) electrons. The van der Waals surface area contributed by atoms with Gasteiger partial charge in [0.25, 0.3) is 0 Å². The molecule has 0 aliphatic carbocycles. The smallest absolute Gasteiger partial charge is 0.308 e. The van der Waals surface area contributed by atoms with Gasteiger partial charge in [0.2, 0.25) is 0 Å². The summed E-state index contributed by atoms with van der Waals surface area (Å²) in [5.74, 6) is -1.06. The molecule has 0 saturated carbocycles. The van der Waals surface area contributed by atoms with Crippen molar-refractivity contribution in [3.8, 4) is 0 Å².